The summed E-state index contributed by atoms with van der Waals surface area (Å²) < 4.78 is 0. The zero-order chi connectivity index (χ0) is 11.5. The summed E-state index contributed by atoms with van der Waals surface area (Å²) in [6.07, 6.45) is 2.71. The number of hydrogen-bond donors (Lipinski definition) is 2. The van der Waals surface area contributed by atoms with E-state index in [1.54, 1.807) is 4.90 Å². The average Bonchev–Trinajstić information content (AvgIpc) is 2.75. The molecule has 2 rings (SSSR count). The van der Waals surface area contributed by atoms with Crippen molar-refractivity contribution in [3.63, 3.8) is 0 Å². The molecule has 0 saturated carbocycles. The summed E-state index contributed by atoms with van der Waals surface area (Å²) in [6.45, 7) is 1.50. The molecule has 0 spiro atoms. The van der Waals surface area contributed by atoms with Crippen molar-refractivity contribution in [1.82, 2.24) is 15.5 Å². The summed E-state index contributed by atoms with van der Waals surface area (Å²) in [5.74, 6) is -0.666. The second-order valence-electron chi connectivity index (χ2n) is 4.15. The Kier molecular flexibility index (Phi) is 3.07. The number of imide groups is 1. The first-order valence-electron chi connectivity index (χ1n) is 5.56. The third kappa shape index (κ3) is 2.32. The molecule has 2 N–H and O–H groups in total. The van der Waals surface area contributed by atoms with Crippen LogP contribution in [0.4, 0.5) is 4.79 Å². The maximum Gasteiger partial charge on any atom is 0.318 e. The monoisotopic (exact) mass is 225 g/mol. The summed E-state index contributed by atoms with van der Waals surface area (Å²) in [5, 5.41) is 4.87. The number of amides is 4. The molecular weight excluding hydrogens is 210 g/mol. The predicted molar refractivity (Wildman–Crippen MR) is 55.5 cm³/mol. The second kappa shape index (κ2) is 4.51. The maximum absolute atomic E-state index is 11.7. The van der Waals surface area contributed by atoms with E-state index in [9.17, 15) is 14.4 Å². The molecule has 0 radical (unpaired) electrons. The highest BCUT2D eigenvalue weighted by atomic mass is 16.2. The Morgan fingerprint density at radius 3 is 2.62 bits per heavy atom. The van der Waals surface area contributed by atoms with Gasteiger partial charge < -0.3 is 10.2 Å². The number of nitrogens with zero attached hydrogens (tertiary/aromatic N) is 1. The number of piperidine rings is 1. The van der Waals surface area contributed by atoms with E-state index < -0.39 is 11.9 Å². The first-order valence-corrected chi connectivity index (χ1v) is 5.56. The van der Waals surface area contributed by atoms with Crippen LogP contribution in [0.1, 0.15) is 25.7 Å². The van der Waals surface area contributed by atoms with Crippen molar-refractivity contribution < 1.29 is 14.4 Å². The van der Waals surface area contributed by atoms with Crippen LogP contribution in [0.5, 0.6) is 0 Å². The van der Waals surface area contributed by atoms with Crippen LogP contribution in [0.3, 0.4) is 0 Å². The first-order chi connectivity index (χ1) is 7.66. The van der Waals surface area contributed by atoms with E-state index in [2.05, 4.69) is 10.6 Å². The molecule has 2 aliphatic rings. The number of nitrogens with one attached hydrogen (secondary N) is 2. The van der Waals surface area contributed by atoms with Gasteiger partial charge in [-0.2, -0.15) is 0 Å². The van der Waals surface area contributed by atoms with Gasteiger partial charge in [-0.25, -0.2) is 4.79 Å². The smallest absolute Gasteiger partial charge is 0.318 e. The van der Waals surface area contributed by atoms with Gasteiger partial charge in [0.05, 0.1) is 0 Å². The van der Waals surface area contributed by atoms with Crippen LogP contribution >= 0.6 is 0 Å². The minimum Gasteiger partial charge on any atom is -0.326 e. The number of hydrogen-bond acceptors (Lipinski definition) is 3. The SMILES string of the molecule is O=C1CCC(NC(=O)N2CCCC2)C(=O)N1. The number of rotatable bonds is 1. The van der Waals surface area contributed by atoms with Gasteiger partial charge in [0.2, 0.25) is 11.8 Å². The van der Waals surface area contributed by atoms with Crippen molar-refractivity contribution in [1.29, 1.82) is 0 Å². The van der Waals surface area contributed by atoms with Crippen molar-refractivity contribution in [2.75, 3.05) is 13.1 Å². The lowest BCUT2D eigenvalue weighted by molar-refractivity contribution is -0.134. The van der Waals surface area contributed by atoms with E-state index in [1.807, 2.05) is 0 Å². The van der Waals surface area contributed by atoms with Crippen molar-refractivity contribution in [3.8, 4) is 0 Å². The van der Waals surface area contributed by atoms with Gasteiger partial charge in [0, 0.05) is 19.5 Å². The van der Waals surface area contributed by atoms with Crippen LogP contribution in [0, 0.1) is 0 Å². The highest BCUT2D eigenvalue weighted by Crippen LogP contribution is 2.09. The zero-order valence-electron chi connectivity index (χ0n) is 8.99. The third-order valence-electron chi connectivity index (χ3n) is 2.93. The lowest BCUT2D eigenvalue weighted by atomic mass is 10.1. The molecule has 16 heavy (non-hydrogen) atoms. The number of carbonyl (C=O) groups is 3. The first kappa shape index (κ1) is 10.9. The van der Waals surface area contributed by atoms with Gasteiger partial charge in [-0.1, -0.05) is 0 Å². The minimum absolute atomic E-state index is 0.202. The zero-order valence-corrected chi connectivity index (χ0v) is 8.99. The number of carbonyl (C=O) groups excluding carboxylic acids is 3. The summed E-state index contributed by atoms with van der Waals surface area (Å²) in [5.41, 5.74) is 0. The Morgan fingerprint density at radius 2 is 2.00 bits per heavy atom. The fraction of sp³-hybridized carbons (Fsp3) is 0.700. The molecule has 6 heteroatoms. The molecule has 2 saturated heterocycles. The highest BCUT2D eigenvalue weighted by molar-refractivity contribution is 6.01. The molecule has 0 aliphatic carbocycles. The van der Waals surface area contributed by atoms with Gasteiger partial charge in [0.25, 0.3) is 0 Å². The van der Waals surface area contributed by atoms with E-state index in [1.165, 1.54) is 0 Å². The average molecular weight is 225 g/mol. The van der Waals surface area contributed by atoms with Gasteiger partial charge in [-0.3, -0.25) is 14.9 Å². The summed E-state index contributed by atoms with van der Waals surface area (Å²) in [6, 6.07) is -0.766. The van der Waals surface area contributed by atoms with Gasteiger partial charge in [-0.05, 0) is 19.3 Å². The van der Waals surface area contributed by atoms with Gasteiger partial charge in [-0.15, -0.1) is 0 Å². The molecule has 1 atom stereocenters. The Labute approximate surface area is 93.4 Å². The third-order valence-corrected chi connectivity index (χ3v) is 2.93. The molecule has 0 aromatic carbocycles. The van der Waals surface area contributed by atoms with E-state index in [4.69, 9.17) is 0 Å². The Balaban J connectivity index is 1.86. The van der Waals surface area contributed by atoms with Crippen LogP contribution in [0.15, 0.2) is 0 Å². The van der Waals surface area contributed by atoms with E-state index in [0.29, 0.717) is 6.42 Å². The van der Waals surface area contributed by atoms with E-state index in [-0.39, 0.29) is 18.4 Å². The van der Waals surface area contributed by atoms with Crippen molar-refractivity contribution in [3.05, 3.63) is 0 Å². The normalized spacial score (nSPS) is 25.5. The quantitative estimate of drug-likeness (QED) is 0.596. The van der Waals surface area contributed by atoms with Crippen molar-refractivity contribution in [2.45, 2.75) is 31.7 Å². The second-order valence-corrected chi connectivity index (χ2v) is 4.15. The summed E-state index contributed by atoms with van der Waals surface area (Å²) in [4.78, 5) is 35.7. The van der Waals surface area contributed by atoms with Crippen LogP contribution < -0.4 is 10.6 Å². The predicted octanol–water partition coefficient (Wildman–Crippen LogP) is -0.403. The minimum atomic E-state index is -0.564. The van der Waals surface area contributed by atoms with E-state index in [0.717, 1.165) is 25.9 Å². The fourth-order valence-corrected chi connectivity index (χ4v) is 1.99. The molecule has 88 valence electrons. The van der Waals surface area contributed by atoms with Gasteiger partial charge in [0.1, 0.15) is 6.04 Å². The number of urea groups is 1. The summed E-state index contributed by atoms with van der Waals surface area (Å²) >= 11 is 0. The van der Waals surface area contributed by atoms with Crippen LogP contribution in [0.2, 0.25) is 0 Å². The molecular formula is C10H15N3O3. The molecule has 0 bridgehead atoms. The van der Waals surface area contributed by atoms with Gasteiger partial charge in [0.15, 0.2) is 0 Å². The van der Waals surface area contributed by atoms with E-state index >= 15 is 0 Å². The molecule has 4 amide bonds. The largest absolute Gasteiger partial charge is 0.326 e. The van der Waals surface area contributed by atoms with Crippen LogP contribution in [0.25, 0.3) is 0 Å². The molecule has 0 aromatic rings. The number of likely N-dealkylation sites (tertiary alicyclic amines) is 1. The molecule has 2 fully saturated rings. The standard InChI is InChI=1S/C10H15N3O3/c14-8-4-3-7(9(15)12-8)11-10(16)13-5-1-2-6-13/h7H,1-6H2,(H,11,16)(H,12,14,15). The van der Waals surface area contributed by atoms with Crippen LogP contribution in [-0.4, -0.2) is 41.9 Å². The summed E-state index contributed by atoms with van der Waals surface area (Å²) in [7, 11) is 0. The molecule has 1 unspecified atom stereocenters. The lowest BCUT2D eigenvalue weighted by Crippen LogP contribution is -2.54. The van der Waals surface area contributed by atoms with Crippen molar-refractivity contribution >= 4 is 17.8 Å². The van der Waals surface area contributed by atoms with Gasteiger partial charge >= 0.3 is 6.03 Å². The molecule has 2 heterocycles. The maximum atomic E-state index is 11.7. The Morgan fingerprint density at radius 1 is 1.31 bits per heavy atom. The fourth-order valence-electron chi connectivity index (χ4n) is 1.99. The van der Waals surface area contributed by atoms with Crippen LogP contribution in [-0.2, 0) is 9.59 Å². The molecule has 2 aliphatic heterocycles. The lowest BCUT2D eigenvalue weighted by Gasteiger charge is -2.24. The molecule has 0 aromatic heterocycles. The van der Waals surface area contributed by atoms with Crippen molar-refractivity contribution in [2.24, 2.45) is 0 Å². The topological polar surface area (TPSA) is 78.5 Å². The Hall–Kier alpha value is -1.59. The molecule has 6 nitrogen and oxygen atoms in total. The Bertz CT molecular complexity index is 323. The highest BCUT2D eigenvalue weighted by Gasteiger charge is 2.29.